The first-order chi connectivity index (χ1) is 11.3. The van der Waals surface area contributed by atoms with E-state index in [-0.39, 0.29) is 12.3 Å². The van der Waals surface area contributed by atoms with E-state index < -0.39 is 17.6 Å². The predicted molar refractivity (Wildman–Crippen MR) is 93.0 cm³/mol. The number of nitrogens with two attached hydrogens (primary N) is 1. The van der Waals surface area contributed by atoms with Gasteiger partial charge in [0, 0.05) is 30.4 Å². The minimum absolute atomic E-state index is 0.150. The molecule has 0 amide bonds. The summed E-state index contributed by atoms with van der Waals surface area (Å²) in [5, 5.41) is 20.0. The van der Waals surface area contributed by atoms with Gasteiger partial charge in [-0.3, -0.25) is 4.98 Å². The Kier molecular flexibility index (Phi) is 8.15. The van der Waals surface area contributed by atoms with Crippen LogP contribution in [0, 0.1) is 5.92 Å². The highest BCUT2D eigenvalue weighted by atomic mass is 16.5. The van der Waals surface area contributed by atoms with E-state index in [2.05, 4.69) is 11.9 Å². The molecule has 6 heteroatoms. The van der Waals surface area contributed by atoms with Crippen LogP contribution in [-0.2, 0) is 11.2 Å². The third-order valence-corrected chi connectivity index (χ3v) is 3.96. The molecule has 0 bridgehead atoms. The number of rotatable bonds is 11. The van der Waals surface area contributed by atoms with Gasteiger partial charge in [-0.05, 0) is 24.8 Å². The summed E-state index contributed by atoms with van der Waals surface area (Å²) in [6.45, 7) is 6.60. The number of carboxylic acid groups (broad SMARTS) is 1. The number of ether oxygens (including phenoxy) is 1. The van der Waals surface area contributed by atoms with E-state index in [1.165, 1.54) is 0 Å². The molecule has 6 nitrogen and oxygen atoms in total. The highest BCUT2D eigenvalue weighted by Gasteiger charge is 2.43. The maximum Gasteiger partial charge on any atom is 0.337 e. The minimum atomic E-state index is -2.04. The number of unbranched alkanes of at least 4 members (excludes halogenated alkanes) is 2. The molecule has 0 saturated carbocycles. The molecule has 0 fully saturated rings. The molecule has 2 unspecified atom stereocenters. The lowest BCUT2D eigenvalue weighted by Gasteiger charge is -2.30. The topological polar surface area (TPSA) is 106 Å². The Morgan fingerprint density at radius 2 is 2.12 bits per heavy atom. The highest BCUT2D eigenvalue weighted by Crippen LogP contribution is 2.23. The van der Waals surface area contributed by atoms with Crippen molar-refractivity contribution >= 4 is 5.97 Å². The SMILES string of the molecule is CCCCCOc1ccnc(CC(O)(C(=O)O)C(N)CC(C)C)c1. The Morgan fingerprint density at radius 1 is 1.42 bits per heavy atom. The van der Waals surface area contributed by atoms with Gasteiger partial charge in [-0.25, -0.2) is 4.79 Å². The molecule has 0 radical (unpaired) electrons. The third kappa shape index (κ3) is 6.09. The van der Waals surface area contributed by atoms with E-state index in [0.717, 1.165) is 19.3 Å². The Hall–Kier alpha value is -1.66. The number of hydrogen-bond donors (Lipinski definition) is 3. The normalized spacial score (nSPS) is 15.1. The van der Waals surface area contributed by atoms with Gasteiger partial charge in [0.25, 0.3) is 0 Å². The molecular formula is C18H30N2O4. The van der Waals surface area contributed by atoms with Crippen LogP contribution in [0.4, 0.5) is 0 Å². The average Bonchev–Trinajstić information content (AvgIpc) is 2.51. The number of aliphatic hydroxyl groups is 1. The van der Waals surface area contributed by atoms with Gasteiger partial charge in [-0.15, -0.1) is 0 Å². The Bertz CT molecular complexity index is 521. The standard InChI is InChI=1S/C18H30N2O4/c1-4-5-6-9-24-15-7-8-20-14(11-15)12-18(23,17(21)22)16(19)10-13(2)3/h7-8,11,13,16,23H,4-6,9-10,12,19H2,1-3H3,(H,21,22). The van der Waals surface area contributed by atoms with Gasteiger partial charge in [0.15, 0.2) is 5.60 Å². The number of aromatic nitrogens is 1. The summed E-state index contributed by atoms with van der Waals surface area (Å²) in [5.74, 6) is -0.514. The zero-order valence-electron chi connectivity index (χ0n) is 14.9. The lowest BCUT2D eigenvalue weighted by Crippen LogP contribution is -2.56. The molecule has 0 spiro atoms. The number of carbonyl (C=O) groups is 1. The maximum atomic E-state index is 11.6. The number of pyridine rings is 1. The molecule has 0 saturated heterocycles. The monoisotopic (exact) mass is 338 g/mol. The first-order valence-corrected chi connectivity index (χ1v) is 8.58. The maximum absolute atomic E-state index is 11.6. The number of carboxylic acids is 1. The van der Waals surface area contributed by atoms with Crippen LogP contribution in [0.15, 0.2) is 18.3 Å². The molecule has 2 atom stereocenters. The molecule has 24 heavy (non-hydrogen) atoms. The van der Waals surface area contributed by atoms with Crippen LogP contribution in [0.3, 0.4) is 0 Å². The van der Waals surface area contributed by atoms with E-state index in [1.807, 2.05) is 13.8 Å². The first kappa shape index (κ1) is 20.4. The van der Waals surface area contributed by atoms with E-state index >= 15 is 0 Å². The van der Waals surface area contributed by atoms with E-state index in [1.54, 1.807) is 18.3 Å². The van der Waals surface area contributed by atoms with Gasteiger partial charge in [-0.1, -0.05) is 33.6 Å². The predicted octanol–water partition coefficient (Wildman–Crippen LogP) is 2.38. The van der Waals surface area contributed by atoms with Crippen molar-refractivity contribution < 1.29 is 19.7 Å². The second-order valence-electron chi connectivity index (χ2n) is 6.68. The lowest BCUT2D eigenvalue weighted by atomic mass is 9.84. The first-order valence-electron chi connectivity index (χ1n) is 8.58. The summed E-state index contributed by atoms with van der Waals surface area (Å²) in [4.78, 5) is 15.7. The van der Waals surface area contributed by atoms with E-state index in [4.69, 9.17) is 10.5 Å². The quantitative estimate of drug-likeness (QED) is 0.535. The fourth-order valence-electron chi connectivity index (χ4n) is 2.53. The minimum Gasteiger partial charge on any atom is -0.493 e. The molecule has 1 aromatic heterocycles. The molecular weight excluding hydrogens is 308 g/mol. The Morgan fingerprint density at radius 3 is 2.71 bits per heavy atom. The molecule has 0 aliphatic carbocycles. The van der Waals surface area contributed by atoms with Crippen molar-refractivity contribution in [2.24, 2.45) is 11.7 Å². The summed E-state index contributed by atoms with van der Waals surface area (Å²) < 4.78 is 5.65. The van der Waals surface area contributed by atoms with E-state index in [9.17, 15) is 15.0 Å². The molecule has 1 aromatic rings. The summed E-state index contributed by atoms with van der Waals surface area (Å²) in [6, 6.07) is 2.52. The molecule has 0 aliphatic heterocycles. The van der Waals surface area contributed by atoms with Crippen LogP contribution in [0.2, 0.25) is 0 Å². The Balaban J connectivity index is 2.81. The number of hydrogen-bond acceptors (Lipinski definition) is 5. The fraction of sp³-hybridized carbons (Fsp3) is 0.667. The summed E-state index contributed by atoms with van der Waals surface area (Å²) in [5.41, 5.74) is 4.37. The van der Waals surface area contributed by atoms with Crippen molar-refractivity contribution in [2.45, 2.75) is 64.5 Å². The second-order valence-corrected chi connectivity index (χ2v) is 6.68. The largest absolute Gasteiger partial charge is 0.493 e. The molecule has 136 valence electrons. The van der Waals surface area contributed by atoms with Crippen LogP contribution in [-0.4, -0.2) is 39.4 Å². The number of nitrogens with zero attached hydrogens (tertiary/aromatic N) is 1. The molecule has 4 N–H and O–H groups in total. The zero-order chi connectivity index (χ0) is 18.2. The smallest absolute Gasteiger partial charge is 0.337 e. The lowest BCUT2D eigenvalue weighted by molar-refractivity contribution is -0.161. The van der Waals surface area contributed by atoms with Crippen molar-refractivity contribution in [3.05, 3.63) is 24.0 Å². The van der Waals surface area contributed by atoms with Crippen molar-refractivity contribution in [3.8, 4) is 5.75 Å². The molecule has 0 aliphatic rings. The summed E-state index contributed by atoms with van der Waals surface area (Å²) in [7, 11) is 0. The molecule has 0 aromatic carbocycles. The fourth-order valence-corrected chi connectivity index (χ4v) is 2.53. The van der Waals surface area contributed by atoms with Crippen molar-refractivity contribution in [3.63, 3.8) is 0 Å². The van der Waals surface area contributed by atoms with Crippen molar-refractivity contribution in [2.75, 3.05) is 6.61 Å². The average molecular weight is 338 g/mol. The molecule has 1 rings (SSSR count). The van der Waals surface area contributed by atoms with Gasteiger partial charge in [0.05, 0.1) is 6.61 Å². The van der Waals surface area contributed by atoms with Crippen LogP contribution < -0.4 is 10.5 Å². The van der Waals surface area contributed by atoms with Gasteiger partial charge in [-0.2, -0.15) is 0 Å². The van der Waals surface area contributed by atoms with Crippen LogP contribution in [0.25, 0.3) is 0 Å². The zero-order valence-corrected chi connectivity index (χ0v) is 14.9. The second kappa shape index (κ2) is 9.59. The third-order valence-electron chi connectivity index (χ3n) is 3.96. The van der Waals surface area contributed by atoms with Crippen molar-refractivity contribution in [1.29, 1.82) is 0 Å². The van der Waals surface area contributed by atoms with E-state index in [0.29, 0.717) is 24.5 Å². The van der Waals surface area contributed by atoms with Gasteiger partial charge >= 0.3 is 5.97 Å². The van der Waals surface area contributed by atoms with Crippen LogP contribution >= 0.6 is 0 Å². The van der Waals surface area contributed by atoms with Gasteiger partial charge in [0.2, 0.25) is 0 Å². The molecule has 1 heterocycles. The Labute approximate surface area is 144 Å². The van der Waals surface area contributed by atoms with Gasteiger partial charge in [0.1, 0.15) is 5.75 Å². The summed E-state index contributed by atoms with van der Waals surface area (Å²) in [6.07, 6.45) is 5.00. The van der Waals surface area contributed by atoms with Crippen LogP contribution in [0.1, 0.15) is 52.1 Å². The van der Waals surface area contributed by atoms with Crippen molar-refractivity contribution in [1.82, 2.24) is 4.98 Å². The van der Waals surface area contributed by atoms with Gasteiger partial charge < -0.3 is 20.7 Å². The summed E-state index contributed by atoms with van der Waals surface area (Å²) >= 11 is 0. The number of aliphatic carboxylic acids is 1. The van der Waals surface area contributed by atoms with Crippen LogP contribution in [0.5, 0.6) is 5.75 Å². The highest BCUT2D eigenvalue weighted by molar-refractivity contribution is 5.78.